The molecule has 0 atom stereocenters. The minimum atomic E-state index is -0.00395. The smallest absolute Gasteiger partial charge is 0.0479 e. The summed E-state index contributed by atoms with van der Waals surface area (Å²) in [4.78, 5) is 0. The molecule has 0 radical (unpaired) electrons. The number of para-hydroxylation sites is 1. The standard InChI is InChI=1S/C36H23NS.2C34H23NS.C33H25NS/c1-3-11-28-23(8-1)10-7-14-30(28)33-21-27(22-34-31-13-5-6-15-35(31)38-36(33)34)37-26-19-18-25-17-16-24-9-2-4-12-29(24)32(25)20-26;1-2-8-23(9-3-1)25-14-16-26(17-15-25)31-21-29(22-32-30-12-6-7-13-33(30)36-34(31)32)35-28-19-18-24-10-4-5-11-27(24)20-28;1-2-8-23(9-3-1)25-16-18-28(19-17-25)35-31-21-20-29(27-15-14-24-10-4-5-11-26(24)22-27)34-33(31)30-12-6-7-13-32(30)36-34;1-33(2)26-16-8-6-13-24(26)30-22(15-10-17-27(30)33)23-19-20-28(34-21-11-4-3-5-12-21)31-25-14-7-9-18-29(25)35-32(23)31/h1-22,37H;2*1-22,35H;3-20,34H,1-2H3. The fourth-order valence-electron chi connectivity index (χ4n) is 21.7. The summed E-state index contributed by atoms with van der Waals surface area (Å²) in [5.41, 5.74) is 29.6. The number of hydrogen-bond acceptors (Lipinski definition) is 8. The first-order valence-electron chi connectivity index (χ1n) is 49.4. The summed E-state index contributed by atoms with van der Waals surface area (Å²) in [6, 6.07) is 184. The topological polar surface area (TPSA) is 48.1 Å². The molecule has 686 valence electrons. The molecule has 0 saturated heterocycles. The van der Waals surface area contributed by atoms with Crippen LogP contribution in [-0.4, -0.2) is 0 Å². The first-order chi connectivity index (χ1) is 71.6. The minimum Gasteiger partial charge on any atom is -0.355 e. The van der Waals surface area contributed by atoms with Crippen molar-refractivity contribution in [2.24, 2.45) is 0 Å². The van der Waals surface area contributed by atoms with Gasteiger partial charge in [-0.3, -0.25) is 0 Å². The molecule has 1 aliphatic rings. The summed E-state index contributed by atoms with van der Waals surface area (Å²) in [5.74, 6) is 0. The summed E-state index contributed by atoms with van der Waals surface area (Å²) < 4.78 is 10.6. The largest absolute Gasteiger partial charge is 0.355 e. The van der Waals surface area contributed by atoms with Crippen molar-refractivity contribution in [3.63, 3.8) is 0 Å². The van der Waals surface area contributed by atoms with E-state index in [4.69, 9.17) is 0 Å². The lowest BCUT2D eigenvalue weighted by Crippen LogP contribution is -2.14. The molecule has 4 heterocycles. The molecule has 0 aliphatic heterocycles. The van der Waals surface area contributed by atoms with Gasteiger partial charge in [-0.15, -0.1) is 45.3 Å². The van der Waals surface area contributed by atoms with E-state index in [9.17, 15) is 0 Å². The van der Waals surface area contributed by atoms with Gasteiger partial charge in [-0.1, -0.05) is 408 Å². The Morgan fingerprint density at radius 3 is 1.14 bits per heavy atom. The molecule has 4 nitrogen and oxygen atoms in total. The Morgan fingerprint density at radius 2 is 0.531 bits per heavy atom. The molecule has 24 aromatic carbocycles. The number of thiophene rings is 4. The Bertz CT molecular complexity index is 9860. The molecular weight excluding hydrogens is 1830 g/mol. The molecule has 0 bridgehead atoms. The van der Waals surface area contributed by atoms with Gasteiger partial charge in [0, 0.05) is 148 Å². The van der Waals surface area contributed by atoms with Crippen molar-refractivity contribution in [3.05, 3.63) is 521 Å². The van der Waals surface area contributed by atoms with Crippen LogP contribution in [0.4, 0.5) is 45.5 Å². The van der Waals surface area contributed by atoms with Gasteiger partial charge in [-0.05, 0) is 241 Å². The van der Waals surface area contributed by atoms with Crippen LogP contribution in [0.25, 0.3) is 212 Å². The molecule has 145 heavy (non-hydrogen) atoms. The van der Waals surface area contributed by atoms with Crippen LogP contribution in [0.5, 0.6) is 0 Å². The molecular formula is C137H94N4S4. The third kappa shape index (κ3) is 16.7. The van der Waals surface area contributed by atoms with Crippen molar-refractivity contribution in [2.75, 3.05) is 21.3 Å². The normalized spacial score (nSPS) is 12.0. The molecule has 4 N–H and O–H groups in total. The highest BCUT2D eigenvalue weighted by atomic mass is 32.1. The number of hydrogen-bond donors (Lipinski definition) is 4. The fraction of sp³-hybridized carbons (Fsp3) is 0.0219. The van der Waals surface area contributed by atoms with Gasteiger partial charge in [0.05, 0.1) is 0 Å². The fourth-order valence-corrected chi connectivity index (χ4v) is 26.6. The number of fused-ring (bicyclic) bond motifs is 21. The van der Waals surface area contributed by atoms with Crippen molar-refractivity contribution < 1.29 is 0 Å². The molecule has 29 rings (SSSR count). The van der Waals surface area contributed by atoms with Crippen LogP contribution in [0.1, 0.15) is 25.0 Å². The van der Waals surface area contributed by atoms with Gasteiger partial charge < -0.3 is 21.3 Å². The van der Waals surface area contributed by atoms with Crippen molar-refractivity contribution in [1.29, 1.82) is 0 Å². The third-order valence-corrected chi connectivity index (χ3v) is 33.6. The van der Waals surface area contributed by atoms with Gasteiger partial charge in [0.15, 0.2) is 0 Å². The second kappa shape index (κ2) is 37.6. The Hall–Kier alpha value is -17.3. The first-order valence-corrected chi connectivity index (χ1v) is 52.7. The van der Waals surface area contributed by atoms with Crippen molar-refractivity contribution >= 4 is 225 Å². The van der Waals surface area contributed by atoms with Crippen molar-refractivity contribution in [3.8, 4) is 77.9 Å². The monoisotopic (exact) mass is 1920 g/mol. The number of nitrogens with one attached hydrogen (secondary N) is 4. The molecule has 0 unspecified atom stereocenters. The average molecular weight is 1920 g/mol. The zero-order valence-corrected chi connectivity index (χ0v) is 82.9. The molecule has 28 aromatic rings. The van der Waals surface area contributed by atoms with Crippen LogP contribution in [0, 0.1) is 0 Å². The maximum atomic E-state index is 3.77. The zero-order chi connectivity index (χ0) is 96.4. The SMILES string of the molecule is CC1(C)c2ccccc2-c2c(-c3ccc(Nc4ccccc4)c4c3sc3ccccc34)cccc21.c1ccc(-c2ccc(-c3cc(Nc4ccc5ccccc5c4)cc4c3sc3ccccc34)cc2)cc1.c1ccc(-c2ccc(Nc3ccc(-c4ccc5ccccc5c4)c4sc5ccccc5c34)cc2)cc1.c1ccc2c(-c3cc(Nc4ccc5ccc6ccccc6c5c4)cc4c3sc3ccccc34)cccc2c1. The Kier molecular flexibility index (Phi) is 22.8. The molecule has 1 aliphatic carbocycles. The maximum Gasteiger partial charge on any atom is 0.0479 e. The highest BCUT2D eigenvalue weighted by Crippen LogP contribution is 2.56. The number of rotatable bonds is 14. The number of anilines is 8. The average Bonchev–Trinajstić information content (AvgIpc) is 1.55. The second-order valence-corrected chi connectivity index (χ2v) is 42.2. The second-order valence-electron chi connectivity index (χ2n) is 37.9. The number of benzene rings is 24. The summed E-state index contributed by atoms with van der Waals surface area (Å²) in [7, 11) is 0. The first kappa shape index (κ1) is 87.9. The van der Waals surface area contributed by atoms with Gasteiger partial charge in [-0.2, -0.15) is 0 Å². The van der Waals surface area contributed by atoms with Crippen molar-refractivity contribution in [1.82, 2.24) is 0 Å². The van der Waals surface area contributed by atoms with E-state index in [1.54, 1.807) is 0 Å². The van der Waals surface area contributed by atoms with Crippen LogP contribution in [0.3, 0.4) is 0 Å². The molecule has 0 spiro atoms. The van der Waals surface area contributed by atoms with Crippen LogP contribution in [0.2, 0.25) is 0 Å². The van der Waals surface area contributed by atoms with E-state index in [1.165, 1.54) is 224 Å². The van der Waals surface area contributed by atoms with E-state index < -0.39 is 0 Å². The molecule has 4 aromatic heterocycles. The maximum absolute atomic E-state index is 3.77. The van der Waals surface area contributed by atoms with Crippen LogP contribution >= 0.6 is 45.3 Å². The summed E-state index contributed by atoms with van der Waals surface area (Å²) in [6.45, 7) is 4.70. The quantitative estimate of drug-likeness (QED) is 0.0820. The van der Waals surface area contributed by atoms with Gasteiger partial charge in [0.2, 0.25) is 0 Å². The van der Waals surface area contributed by atoms with E-state index in [0.717, 1.165) is 45.5 Å². The molecule has 0 fully saturated rings. The van der Waals surface area contributed by atoms with Crippen LogP contribution in [0.15, 0.2) is 510 Å². The Balaban J connectivity index is 0.0000000985. The molecule has 0 amide bonds. The lowest BCUT2D eigenvalue weighted by molar-refractivity contribution is 0.660. The lowest BCUT2D eigenvalue weighted by atomic mass is 9.82. The van der Waals surface area contributed by atoms with Gasteiger partial charge in [0.1, 0.15) is 0 Å². The molecule has 0 saturated carbocycles. The van der Waals surface area contributed by atoms with E-state index >= 15 is 0 Å². The predicted molar refractivity (Wildman–Crippen MR) is 634 cm³/mol. The zero-order valence-electron chi connectivity index (χ0n) is 79.6. The highest BCUT2D eigenvalue weighted by molar-refractivity contribution is 7.27. The van der Waals surface area contributed by atoms with E-state index in [0.29, 0.717) is 0 Å². The van der Waals surface area contributed by atoms with Gasteiger partial charge >= 0.3 is 0 Å². The minimum absolute atomic E-state index is 0.00395. The van der Waals surface area contributed by atoms with Crippen LogP contribution in [-0.2, 0) is 5.41 Å². The summed E-state index contributed by atoms with van der Waals surface area (Å²) in [5, 5.41) is 37.9. The highest BCUT2D eigenvalue weighted by Gasteiger charge is 2.37. The van der Waals surface area contributed by atoms with Crippen LogP contribution < -0.4 is 21.3 Å². The van der Waals surface area contributed by atoms with Gasteiger partial charge in [0.25, 0.3) is 0 Å². The summed E-state index contributed by atoms with van der Waals surface area (Å²) in [6.07, 6.45) is 0. The molecule has 8 heteroatoms. The van der Waals surface area contributed by atoms with Crippen molar-refractivity contribution in [2.45, 2.75) is 19.3 Å². The lowest BCUT2D eigenvalue weighted by Gasteiger charge is -2.21. The third-order valence-electron chi connectivity index (χ3n) is 28.7. The van der Waals surface area contributed by atoms with E-state index in [2.05, 4.69) is 545 Å². The Morgan fingerprint density at radius 1 is 0.166 bits per heavy atom. The van der Waals surface area contributed by atoms with E-state index in [-0.39, 0.29) is 5.41 Å². The van der Waals surface area contributed by atoms with E-state index in [1.807, 2.05) is 45.3 Å². The summed E-state index contributed by atoms with van der Waals surface area (Å²) >= 11 is 7.52. The van der Waals surface area contributed by atoms with Gasteiger partial charge in [-0.25, -0.2) is 0 Å². The predicted octanol–water partition coefficient (Wildman–Crippen LogP) is 41.3. The Labute approximate surface area is 857 Å².